The van der Waals surface area contributed by atoms with Crippen LogP contribution < -0.4 is 9.96 Å². The zero-order chi connectivity index (χ0) is 21.7. The van der Waals surface area contributed by atoms with Crippen LogP contribution in [0.15, 0.2) is 77.3 Å². The van der Waals surface area contributed by atoms with Crippen LogP contribution in [0.3, 0.4) is 0 Å². The summed E-state index contributed by atoms with van der Waals surface area (Å²) in [5.41, 5.74) is 1.69. The van der Waals surface area contributed by atoms with E-state index in [2.05, 4.69) is 15.9 Å². The summed E-state index contributed by atoms with van der Waals surface area (Å²) in [6.45, 7) is 0. The lowest BCUT2D eigenvalue weighted by molar-refractivity contribution is -0.126. The van der Waals surface area contributed by atoms with E-state index in [1.54, 1.807) is 5.06 Å². The SMILES string of the molecule is O=C1C2ON(c3ccccc3)C(c3ccc(Br)cc3)C2C(=O)N1c1ccc(Cl)c(F)c1. The molecular formula is C23H15BrClFN2O3. The fourth-order valence-electron chi connectivity index (χ4n) is 4.09. The van der Waals surface area contributed by atoms with Crippen LogP contribution in [0.2, 0.25) is 5.02 Å². The van der Waals surface area contributed by atoms with Crippen molar-refractivity contribution >= 4 is 50.7 Å². The molecule has 156 valence electrons. The van der Waals surface area contributed by atoms with Crippen molar-refractivity contribution in [2.45, 2.75) is 12.1 Å². The quantitative estimate of drug-likeness (QED) is 0.458. The molecule has 0 aromatic heterocycles. The smallest absolute Gasteiger partial charge is 0.266 e. The molecule has 3 unspecified atom stereocenters. The summed E-state index contributed by atoms with van der Waals surface area (Å²) in [6, 6.07) is 20.2. The zero-order valence-corrected chi connectivity index (χ0v) is 18.3. The van der Waals surface area contributed by atoms with E-state index in [9.17, 15) is 14.0 Å². The summed E-state index contributed by atoms with van der Waals surface area (Å²) in [7, 11) is 0. The van der Waals surface area contributed by atoms with Crippen molar-refractivity contribution in [1.29, 1.82) is 0 Å². The number of imide groups is 1. The van der Waals surface area contributed by atoms with Crippen molar-refractivity contribution in [1.82, 2.24) is 0 Å². The van der Waals surface area contributed by atoms with E-state index in [-0.39, 0.29) is 10.7 Å². The zero-order valence-electron chi connectivity index (χ0n) is 15.9. The van der Waals surface area contributed by atoms with E-state index < -0.39 is 35.7 Å². The predicted octanol–water partition coefficient (Wildman–Crippen LogP) is 5.29. The van der Waals surface area contributed by atoms with Crippen molar-refractivity contribution < 1.29 is 18.8 Å². The Labute approximate surface area is 191 Å². The Bertz CT molecular complexity index is 1180. The number of hydrogen-bond donors (Lipinski definition) is 0. The van der Waals surface area contributed by atoms with Gasteiger partial charge in [-0.2, -0.15) is 0 Å². The highest BCUT2D eigenvalue weighted by Crippen LogP contribution is 2.47. The van der Waals surface area contributed by atoms with Crippen LogP contribution in [0.5, 0.6) is 0 Å². The van der Waals surface area contributed by atoms with Crippen molar-refractivity contribution in [3.63, 3.8) is 0 Å². The van der Waals surface area contributed by atoms with Gasteiger partial charge >= 0.3 is 0 Å². The Kier molecular flexibility index (Phi) is 5.04. The fraction of sp³-hybridized carbons (Fsp3) is 0.130. The number of carbonyl (C=O) groups excluding carboxylic acids is 2. The first-order valence-electron chi connectivity index (χ1n) is 9.55. The van der Waals surface area contributed by atoms with Gasteiger partial charge in [-0.1, -0.05) is 57.9 Å². The minimum Gasteiger partial charge on any atom is -0.273 e. The highest BCUT2D eigenvalue weighted by Gasteiger charge is 2.60. The van der Waals surface area contributed by atoms with Gasteiger partial charge in [0, 0.05) is 4.47 Å². The molecule has 0 radical (unpaired) electrons. The third-order valence-electron chi connectivity index (χ3n) is 5.50. The molecule has 0 N–H and O–H groups in total. The van der Waals surface area contributed by atoms with Crippen molar-refractivity contribution in [3.8, 4) is 0 Å². The van der Waals surface area contributed by atoms with Gasteiger partial charge in [-0.15, -0.1) is 0 Å². The molecule has 0 aliphatic carbocycles. The van der Waals surface area contributed by atoms with Crippen molar-refractivity contribution in [2.24, 2.45) is 5.92 Å². The second kappa shape index (κ2) is 7.75. The van der Waals surface area contributed by atoms with E-state index in [0.29, 0.717) is 0 Å². The Morgan fingerprint density at radius 3 is 2.29 bits per heavy atom. The Hall–Kier alpha value is -2.74. The number of para-hydroxylation sites is 1. The average Bonchev–Trinajstić information content (AvgIpc) is 3.28. The summed E-state index contributed by atoms with van der Waals surface area (Å²) >= 11 is 9.18. The number of hydrogen-bond acceptors (Lipinski definition) is 4. The minimum atomic E-state index is -1.01. The average molecular weight is 502 g/mol. The van der Waals surface area contributed by atoms with Crippen molar-refractivity contribution in [2.75, 3.05) is 9.96 Å². The molecule has 0 spiro atoms. The molecule has 2 aliphatic heterocycles. The van der Waals surface area contributed by atoms with E-state index in [4.69, 9.17) is 16.4 Å². The maximum absolute atomic E-state index is 14.0. The van der Waals surface area contributed by atoms with Crippen LogP contribution in [0.1, 0.15) is 11.6 Å². The molecule has 5 nitrogen and oxygen atoms in total. The number of hydroxylamine groups is 1. The van der Waals surface area contributed by atoms with Crippen LogP contribution >= 0.6 is 27.5 Å². The largest absolute Gasteiger partial charge is 0.273 e. The molecule has 2 saturated heterocycles. The van der Waals surface area contributed by atoms with Crippen LogP contribution in [-0.4, -0.2) is 17.9 Å². The van der Waals surface area contributed by atoms with Gasteiger partial charge in [0.15, 0.2) is 6.10 Å². The van der Waals surface area contributed by atoms with Crippen LogP contribution in [0.4, 0.5) is 15.8 Å². The summed E-state index contributed by atoms with van der Waals surface area (Å²) < 4.78 is 14.9. The first kappa shape index (κ1) is 20.2. The third-order valence-corrected chi connectivity index (χ3v) is 6.33. The van der Waals surface area contributed by atoms with Gasteiger partial charge < -0.3 is 0 Å². The molecule has 3 aromatic carbocycles. The summed E-state index contributed by atoms with van der Waals surface area (Å²) in [5.74, 6) is -2.46. The lowest BCUT2D eigenvalue weighted by Gasteiger charge is -2.28. The molecule has 8 heteroatoms. The van der Waals surface area contributed by atoms with E-state index in [1.165, 1.54) is 12.1 Å². The molecule has 3 aromatic rings. The summed E-state index contributed by atoms with van der Waals surface area (Å²) in [5, 5.41) is 1.54. The third kappa shape index (κ3) is 3.33. The molecule has 31 heavy (non-hydrogen) atoms. The normalized spacial score (nSPS) is 22.9. The Morgan fingerprint density at radius 2 is 1.61 bits per heavy atom. The van der Waals surface area contributed by atoms with Gasteiger partial charge in [0.2, 0.25) is 5.91 Å². The lowest BCUT2D eigenvalue weighted by atomic mass is 9.90. The van der Waals surface area contributed by atoms with E-state index in [1.807, 2.05) is 54.6 Å². The lowest BCUT2D eigenvalue weighted by Crippen LogP contribution is -2.37. The van der Waals surface area contributed by atoms with Gasteiger partial charge in [0.25, 0.3) is 5.91 Å². The number of rotatable bonds is 3. The molecule has 3 atom stereocenters. The number of amides is 2. The summed E-state index contributed by atoms with van der Waals surface area (Å²) in [6.07, 6.45) is -1.01. The molecule has 0 saturated carbocycles. The highest BCUT2D eigenvalue weighted by molar-refractivity contribution is 9.10. The van der Waals surface area contributed by atoms with Crippen LogP contribution in [0, 0.1) is 11.7 Å². The molecule has 5 rings (SSSR count). The monoisotopic (exact) mass is 500 g/mol. The molecule has 2 heterocycles. The van der Waals surface area contributed by atoms with Gasteiger partial charge in [0.05, 0.1) is 22.4 Å². The first-order valence-corrected chi connectivity index (χ1v) is 10.7. The molecular weight excluding hydrogens is 487 g/mol. The summed E-state index contributed by atoms with van der Waals surface area (Å²) in [4.78, 5) is 33.7. The highest BCUT2D eigenvalue weighted by atomic mass is 79.9. The molecule has 0 bridgehead atoms. The number of nitrogens with zero attached hydrogens (tertiary/aromatic N) is 2. The first-order chi connectivity index (χ1) is 15.0. The number of halogens is 3. The van der Waals surface area contributed by atoms with Gasteiger partial charge in [-0.05, 0) is 48.0 Å². The van der Waals surface area contributed by atoms with Crippen molar-refractivity contribution in [3.05, 3.63) is 93.7 Å². The predicted molar refractivity (Wildman–Crippen MR) is 118 cm³/mol. The van der Waals surface area contributed by atoms with E-state index in [0.717, 1.165) is 26.7 Å². The fourth-order valence-corrected chi connectivity index (χ4v) is 4.47. The molecule has 2 fully saturated rings. The van der Waals surface area contributed by atoms with E-state index >= 15 is 0 Å². The number of benzene rings is 3. The number of carbonyl (C=O) groups is 2. The molecule has 2 amide bonds. The second-order valence-electron chi connectivity index (χ2n) is 7.32. The van der Waals surface area contributed by atoms with Crippen LogP contribution in [-0.2, 0) is 14.4 Å². The Morgan fingerprint density at radius 1 is 0.903 bits per heavy atom. The van der Waals surface area contributed by atoms with Gasteiger partial charge in [-0.25, -0.2) is 14.4 Å². The maximum atomic E-state index is 14.0. The number of fused-ring (bicyclic) bond motifs is 1. The Balaban J connectivity index is 1.58. The van der Waals surface area contributed by atoms with Gasteiger partial charge in [0.1, 0.15) is 11.7 Å². The topological polar surface area (TPSA) is 49.9 Å². The minimum absolute atomic E-state index is 0.0812. The van der Waals surface area contributed by atoms with Gasteiger partial charge in [-0.3, -0.25) is 14.4 Å². The standard InChI is InChI=1S/C23H15BrClFN2O3/c24-14-8-6-13(7-9-14)20-19-21(31-28(20)15-4-2-1-3-5-15)23(30)27(22(19)29)16-10-11-17(25)18(26)12-16/h1-12,19-21H. The molecule has 2 aliphatic rings. The maximum Gasteiger partial charge on any atom is 0.266 e. The second-order valence-corrected chi connectivity index (χ2v) is 8.64. The van der Waals surface area contributed by atoms with Crippen LogP contribution in [0.25, 0.3) is 0 Å². The number of anilines is 2.